The van der Waals surface area contributed by atoms with Gasteiger partial charge in [0.05, 0.1) is 13.2 Å². The zero-order chi connectivity index (χ0) is 6.41. The largest absolute Gasteiger partial charge is 0.322 e. The molecule has 8 heavy (non-hydrogen) atoms. The van der Waals surface area contributed by atoms with Gasteiger partial charge in [0.1, 0.15) is 0 Å². The highest BCUT2D eigenvalue weighted by Crippen LogP contribution is 2.10. The first kappa shape index (κ1) is 7.79. The van der Waals surface area contributed by atoms with E-state index in [-0.39, 0.29) is 0 Å². The fraction of sp³-hybridized carbons (Fsp3) is 0.333. The fourth-order valence-electron chi connectivity index (χ4n) is 0.234. The lowest BCUT2D eigenvalue weighted by molar-refractivity contribution is -0.556. The zero-order valence-corrected chi connectivity index (χ0v) is 6.16. The minimum absolute atomic E-state index is 1.13. The molecule has 0 aliphatic heterocycles. The molecule has 0 fully saturated rings. The Bertz CT molecular complexity index is 96.7. The summed E-state index contributed by atoms with van der Waals surface area (Å²) in [4.78, 5) is 1.13. The summed E-state index contributed by atoms with van der Waals surface area (Å²) in [5, 5.41) is 4.01. The van der Waals surface area contributed by atoms with Gasteiger partial charge in [-0.2, -0.15) is 0 Å². The van der Waals surface area contributed by atoms with E-state index in [4.69, 9.17) is 0 Å². The summed E-state index contributed by atoms with van der Waals surface area (Å²) in [5.41, 5.74) is 0. The molecule has 0 aliphatic carbocycles. The first-order valence-electron chi connectivity index (χ1n) is 2.54. The van der Waals surface area contributed by atoms with Crippen molar-refractivity contribution in [1.29, 1.82) is 0 Å². The standard InChI is InChI=1S/C6H11NS/c1-6(2)8-5-4-7-3/h4-5,7H,1H2,2-3H3/p+1/b5-4-. The number of thioether (sulfide) groups is 1. The van der Waals surface area contributed by atoms with Crippen molar-refractivity contribution in [3.63, 3.8) is 0 Å². The van der Waals surface area contributed by atoms with Crippen LogP contribution >= 0.6 is 11.8 Å². The molecular weight excluding hydrogens is 118 g/mol. The molecule has 0 bridgehead atoms. The number of nitrogens with two attached hydrogens (primary N) is 1. The average Bonchev–Trinajstić information content (AvgIpc) is 1.66. The van der Waals surface area contributed by atoms with E-state index >= 15 is 0 Å². The lowest BCUT2D eigenvalue weighted by Gasteiger charge is -1.85. The summed E-state index contributed by atoms with van der Waals surface area (Å²) in [5.74, 6) is 0. The molecular formula is C6H12NS+. The van der Waals surface area contributed by atoms with Gasteiger partial charge in [0.15, 0.2) is 0 Å². The number of quaternary nitrogens is 1. The first-order chi connectivity index (χ1) is 3.77. The van der Waals surface area contributed by atoms with Crippen LogP contribution in [0.25, 0.3) is 0 Å². The maximum Gasteiger partial charge on any atom is 0.0990 e. The minimum Gasteiger partial charge on any atom is -0.322 e. The molecule has 0 atom stereocenters. The Morgan fingerprint density at radius 2 is 2.38 bits per heavy atom. The summed E-state index contributed by atoms with van der Waals surface area (Å²) in [6.45, 7) is 5.72. The Balaban J connectivity index is 3.16. The molecule has 0 radical (unpaired) electrons. The molecule has 0 heterocycles. The van der Waals surface area contributed by atoms with E-state index in [1.54, 1.807) is 11.8 Å². The van der Waals surface area contributed by atoms with E-state index in [0.29, 0.717) is 0 Å². The zero-order valence-electron chi connectivity index (χ0n) is 5.35. The molecule has 0 saturated heterocycles. The van der Waals surface area contributed by atoms with Gasteiger partial charge < -0.3 is 5.32 Å². The lowest BCUT2D eigenvalue weighted by Crippen LogP contribution is -2.72. The molecule has 2 heteroatoms. The van der Waals surface area contributed by atoms with Crippen LogP contribution in [0.3, 0.4) is 0 Å². The van der Waals surface area contributed by atoms with E-state index in [2.05, 4.69) is 6.58 Å². The monoisotopic (exact) mass is 130 g/mol. The molecule has 0 unspecified atom stereocenters. The van der Waals surface area contributed by atoms with E-state index < -0.39 is 0 Å². The van der Waals surface area contributed by atoms with Crippen LogP contribution in [0.1, 0.15) is 6.92 Å². The molecule has 46 valence electrons. The normalized spacial score (nSPS) is 10.2. The SMILES string of the molecule is C=C(C)S/C=C\[NH2+]C. The summed E-state index contributed by atoms with van der Waals surface area (Å²) in [6.07, 6.45) is 2.00. The molecule has 1 nitrogen and oxygen atoms in total. The second-order valence-corrected chi connectivity index (χ2v) is 2.69. The van der Waals surface area contributed by atoms with Gasteiger partial charge in [0.2, 0.25) is 0 Å². The summed E-state index contributed by atoms with van der Waals surface area (Å²) in [6, 6.07) is 0. The highest BCUT2D eigenvalue weighted by molar-refractivity contribution is 8.05. The maximum absolute atomic E-state index is 3.72. The topological polar surface area (TPSA) is 16.6 Å². The van der Waals surface area contributed by atoms with Crippen LogP contribution in [-0.4, -0.2) is 7.05 Å². The Hall–Kier alpha value is -0.210. The molecule has 0 aromatic rings. The van der Waals surface area contributed by atoms with Crippen LogP contribution in [-0.2, 0) is 0 Å². The number of hydrogen-bond acceptors (Lipinski definition) is 1. The average molecular weight is 130 g/mol. The van der Waals surface area contributed by atoms with Gasteiger partial charge in [-0.1, -0.05) is 18.3 Å². The Labute approximate surface area is 54.9 Å². The molecule has 0 aromatic carbocycles. The number of allylic oxidation sites excluding steroid dienone is 1. The van der Waals surface area contributed by atoms with Crippen LogP contribution < -0.4 is 5.32 Å². The summed E-state index contributed by atoms with van der Waals surface area (Å²) in [7, 11) is 2.00. The van der Waals surface area contributed by atoms with Gasteiger partial charge in [0.25, 0.3) is 0 Å². The van der Waals surface area contributed by atoms with Gasteiger partial charge in [-0.15, -0.1) is 0 Å². The lowest BCUT2D eigenvalue weighted by atomic mass is 10.8. The molecule has 0 rings (SSSR count). The van der Waals surface area contributed by atoms with Gasteiger partial charge >= 0.3 is 0 Å². The second kappa shape index (κ2) is 4.94. The molecule has 0 spiro atoms. The summed E-state index contributed by atoms with van der Waals surface area (Å²) >= 11 is 1.65. The van der Waals surface area contributed by atoms with Gasteiger partial charge in [-0.05, 0) is 11.8 Å². The third-order valence-electron chi connectivity index (χ3n) is 0.540. The van der Waals surface area contributed by atoms with Crippen molar-refractivity contribution in [2.45, 2.75) is 6.92 Å². The quantitative estimate of drug-likeness (QED) is 0.601. The van der Waals surface area contributed by atoms with Crippen molar-refractivity contribution in [2.75, 3.05) is 7.05 Å². The highest BCUT2D eigenvalue weighted by Gasteiger charge is 1.77. The number of hydrogen-bond donors (Lipinski definition) is 1. The van der Waals surface area contributed by atoms with Crippen molar-refractivity contribution >= 4 is 11.8 Å². The van der Waals surface area contributed by atoms with Crippen molar-refractivity contribution in [3.05, 3.63) is 23.1 Å². The van der Waals surface area contributed by atoms with Crippen molar-refractivity contribution in [2.24, 2.45) is 0 Å². The fourth-order valence-corrected chi connectivity index (χ4v) is 0.702. The van der Waals surface area contributed by atoms with E-state index in [9.17, 15) is 0 Å². The Kier molecular flexibility index (Phi) is 4.81. The second-order valence-electron chi connectivity index (χ2n) is 1.48. The molecule has 0 amide bonds. The molecule has 2 N–H and O–H groups in total. The smallest absolute Gasteiger partial charge is 0.0990 e. The summed E-state index contributed by atoms with van der Waals surface area (Å²) < 4.78 is 0. The van der Waals surface area contributed by atoms with Crippen LogP contribution in [0.2, 0.25) is 0 Å². The van der Waals surface area contributed by atoms with Crippen molar-refractivity contribution in [3.8, 4) is 0 Å². The molecule has 0 saturated carbocycles. The third kappa shape index (κ3) is 5.79. The van der Waals surface area contributed by atoms with Gasteiger partial charge in [0, 0.05) is 5.41 Å². The maximum atomic E-state index is 3.72. The predicted molar refractivity (Wildman–Crippen MR) is 39.4 cm³/mol. The number of rotatable bonds is 3. The van der Waals surface area contributed by atoms with E-state index in [0.717, 1.165) is 4.91 Å². The van der Waals surface area contributed by atoms with Crippen molar-refractivity contribution < 1.29 is 5.32 Å². The van der Waals surface area contributed by atoms with Crippen LogP contribution in [0.4, 0.5) is 0 Å². The van der Waals surface area contributed by atoms with Gasteiger partial charge in [-0.25, -0.2) is 0 Å². The van der Waals surface area contributed by atoms with E-state index in [1.165, 1.54) is 0 Å². The van der Waals surface area contributed by atoms with Gasteiger partial charge in [-0.3, -0.25) is 0 Å². The highest BCUT2D eigenvalue weighted by atomic mass is 32.2. The van der Waals surface area contributed by atoms with Crippen LogP contribution in [0, 0.1) is 0 Å². The molecule has 0 aromatic heterocycles. The van der Waals surface area contributed by atoms with Crippen LogP contribution in [0.5, 0.6) is 0 Å². The third-order valence-corrected chi connectivity index (χ3v) is 1.24. The van der Waals surface area contributed by atoms with Crippen LogP contribution in [0.15, 0.2) is 23.1 Å². The predicted octanol–water partition coefficient (Wildman–Crippen LogP) is 0.918. The van der Waals surface area contributed by atoms with Crippen molar-refractivity contribution in [1.82, 2.24) is 0 Å². The van der Waals surface area contributed by atoms with E-state index in [1.807, 2.05) is 30.9 Å². The Morgan fingerprint density at radius 3 is 2.75 bits per heavy atom. The molecule has 0 aliphatic rings. The Morgan fingerprint density at radius 1 is 1.75 bits per heavy atom. The first-order valence-corrected chi connectivity index (χ1v) is 3.42. The minimum atomic E-state index is 1.13.